The summed E-state index contributed by atoms with van der Waals surface area (Å²) in [6, 6.07) is 10.1. The molecule has 3 N–H and O–H groups in total. The van der Waals surface area contributed by atoms with Gasteiger partial charge >= 0.3 is 12.1 Å². The van der Waals surface area contributed by atoms with E-state index in [4.69, 9.17) is 5.73 Å². The van der Waals surface area contributed by atoms with Gasteiger partial charge in [0.15, 0.2) is 0 Å². The van der Waals surface area contributed by atoms with Crippen molar-refractivity contribution in [2.24, 2.45) is 5.73 Å². The number of nitrogens with zero attached hydrogens (tertiary/aromatic N) is 3. The molecule has 9 heteroatoms. The molecule has 1 aromatic heterocycles. The van der Waals surface area contributed by atoms with E-state index in [1.54, 1.807) is 47.5 Å². The van der Waals surface area contributed by atoms with Crippen molar-refractivity contribution in [2.75, 3.05) is 13.1 Å². The lowest BCUT2D eigenvalue weighted by Gasteiger charge is -2.25. The lowest BCUT2D eigenvalue weighted by atomic mass is 10.2. The summed E-state index contributed by atoms with van der Waals surface area (Å²) in [5, 5.41) is 2.69. The molecular formula is C22H22N5O4+. The molecule has 3 heterocycles. The molecule has 0 radical (unpaired) electrons. The Kier molecular flexibility index (Phi) is 5.26. The van der Waals surface area contributed by atoms with Crippen molar-refractivity contribution in [3.63, 3.8) is 0 Å². The third kappa shape index (κ3) is 3.78. The number of aromatic nitrogens is 1. The molecule has 1 aromatic carbocycles. The quantitative estimate of drug-likeness (QED) is 0.740. The van der Waals surface area contributed by atoms with Crippen LogP contribution in [0.5, 0.6) is 0 Å². The minimum Gasteiger partial charge on any atom is -0.318 e. The standard InChI is InChI=1S/C22H21N5O4/c23-21(30)27(22(31)25-11-3-4-12-25)14-10-17(15-27)24-20(29)16-6-8-18(9-7-16)26-13-2-1-5-19(26)28/h1-2,5-10,13-15H,3-4,11-12H2,(H2-,23,24,29,30)/p+1. The number of carbonyl (C=O) groups is 3. The molecule has 2 aliphatic rings. The number of imide groups is 1. The lowest BCUT2D eigenvalue weighted by molar-refractivity contribution is -0.653. The van der Waals surface area contributed by atoms with Gasteiger partial charge in [0.05, 0.1) is 0 Å². The maximum atomic E-state index is 12.9. The summed E-state index contributed by atoms with van der Waals surface area (Å²) in [5.74, 6) is -0.416. The van der Waals surface area contributed by atoms with E-state index < -0.39 is 22.5 Å². The smallest absolute Gasteiger partial charge is 0.318 e. The predicted octanol–water partition coefficient (Wildman–Crippen LogP) is 2.05. The van der Waals surface area contributed by atoms with Gasteiger partial charge in [0, 0.05) is 42.7 Å². The second-order valence-corrected chi connectivity index (χ2v) is 7.40. The van der Waals surface area contributed by atoms with Crippen LogP contribution in [0.4, 0.5) is 9.59 Å². The van der Waals surface area contributed by atoms with Crippen LogP contribution >= 0.6 is 0 Å². The molecule has 0 spiro atoms. The summed E-state index contributed by atoms with van der Waals surface area (Å²) >= 11 is 0. The van der Waals surface area contributed by atoms with Crippen LogP contribution in [0.25, 0.3) is 5.69 Å². The molecule has 1 unspecified atom stereocenters. The number of quaternary nitrogens is 1. The molecule has 1 saturated heterocycles. The molecule has 1 atom stereocenters. The molecule has 4 rings (SSSR count). The predicted molar refractivity (Wildman–Crippen MR) is 113 cm³/mol. The van der Waals surface area contributed by atoms with E-state index in [1.165, 1.54) is 29.1 Å². The van der Waals surface area contributed by atoms with E-state index in [0.29, 0.717) is 30.0 Å². The molecule has 5 amide bonds. The minimum absolute atomic E-state index is 0.177. The summed E-state index contributed by atoms with van der Waals surface area (Å²) in [5.41, 5.74) is 6.65. The van der Waals surface area contributed by atoms with Gasteiger partial charge in [-0.05, 0) is 43.2 Å². The van der Waals surface area contributed by atoms with E-state index in [-0.39, 0.29) is 5.56 Å². The first-order valence-electron chi connectivity index (χ1n) is 9.90. The number of amides is 5. The average Bonchev–Trinajstić information content (AvgIpc) is 3.45. The van der Waals surface area contributed by atoms with Gasteiger partial charge in [-0.3, -0.25) is 19.1 Å². The number of hydrogen-bond donors (Lipinski definition) is 2. The molecular weight excluding hydrogens is 398 g/mol. The van der Waals surface area contributed by atoms with Gasteiger partial charge < -0.3 is 11.1 Å². The highest BCUT2D eigenvalue weighted by molar-refractivity contribution is 5.96. The van der Waals surface area contributed by atoms with Gasteiger partial charge in [0.2, 0.25) is 0 Å². The molecule has 0 aliphatic carbocycles. The Morgan fingerprint density at radius 2 is 1.71 bits per heavy atom. The number of nitrogens with one attached hydrogen (secondary N) is 1. The van der Waals surface area contributed by atoms with Crippen LogP contribution in [-0.2, 0) is 0 Å². The Bertz CT molecular complexity index is 1160. The molecule has 158 valence electrons. The number of carbonyl (C=O) groups excluding carboxylic acids is 3. The topological polar surface area (TPSA) is 114 Å². The van der Waals surface area contributed by atoms with Gasteiger partial charge in [-0.1, -0.05) is 6.07 Å². The number of hydrogen-bond acceptors (Lipinski definition) is 4. The Labute approximate surface area is 178 Å². The Balaban J connectivity index is 1.51. The van der Waals surface area contributed by atoms with Crippen molar-refractivity contribution >= 4 is 18.0 Å². The van der Waals surface area contributed by atoms with Crippen molar-refractivity contribution in [1.82, 2.24) is 14.8 Å². The minimum atomic E-state index is -0.838. The van der Waals surface area contributed by atoms with Crippen LogP contribution in [0.15, 0.2) is 77.6 Å². The van der Waals surface area contributed by atoms with Crippen molar-refractivity contribution < 1.29 is 18.9 Å². The fraction of sp³-hybridized carbons (Fsp3) is 0.182. The second kappa shape index (κ2) is 8.04. The van der Waals surface area contributed by atoms with Gasteiger partial charge in [0.25, 0.3) is 11.5 Å². The van der Waals surface area contributed by atoms with Crippen molar-refractivity contribution in [3.05, 3.63) is 88.8 Å². The molecule has 2 aromatic rings. The Morgan fingerprint density at radius 1 is 1.00 bits per heavy atom. The van der Waals surface area contributed by atoms with Crippen molar-refractivity contribution in [3.8, 4) is 5.69 Å². The summed E-state index contributed by atoms with van der Waals surface area (Å²) in [4.78, 5) is 51.2. The third-order valence-corrected chi connectivity index (χ3v) is 5.38. The highest BCUT2D eigenvalue weighted by atomic mass is 16.2. The highest BCUT2D eigenvalue weighted by Crippen LogP contribution is 2.25. The first-order valence-corrected chi connectivity index (χ1v) is 9.90. The summed E-state index contributed by atoms with van der Waals surface area (Å²) in [6.45, 7) is 1.15. The maximum absolute atomic E-state index is 12.9. The number of benzene rings is 1. The molecule has 0 saturated carbocycles. The zero-order valence-corrected chi connectivity index (χ0v) is 16.7. The summed E-state index contributed by atoms with van der Waals surface area (Å²) in [7, 11) is 0. The van der Waals surface area contributed by atoms with Gasteiger partial charge in [-0.2, -0.15) is 0 Å². The highest BCUT2D eigenvalue weighted by Gasteiger charge is 2.47. The molecule has 2 aliphatic heterocycles. The number of primary amides is 1. The normalized spacial score (nSPS) is 19.9. The van der Waals surface area contributed by atoms with Crippen LogP contribution in [0.1, 0.15) is 23.2 Å². The first kappa shape index (κ1) is 20.3. The molecule has 31 heavy (non-hydrogen) atoms. The monoisotopic (exact) mass is 420 g/mol. The fourth-order valence-corrected chi connectivity index (χ4v) is 3.69. The molecule has 0 bridgehead atoms. The van der Waals surface area contributed by atoms with Crippen LogP contribution in [-0.4, -0.2) is 45.0 Å². The van der Waals surface area contributed by atoms with Gasteiger partial charge in [-0.15, -0.1) is 4.48 Å². The van der Waals surface area contributed by atoms with E-state index in [1.807, 2.05) is 0 Å². The van der Waals surface area contributed by atoms with E-state index in [9.17, 15) is 19.2 Å². The number of nitrogens with two attached hydrogens (primary N) is 1. The SMILES string of the molecule is NC(=O)[N+]1(C(=O)N2CCCC2)C=CC(NC(=O)c2ccc(-n3ccccc3=O)cc2)=C1. The van der Waals surface area contributed by atoms with E-state index in [0.717, 1.165) is 12.8 Å². The summed E-state index contributed by atoms with van der Waals surface area (Å²) in [6.07, 6.45) is 7.63. The van der Waals surface area contributed by atoms with E-state index >= 15 is 0 Å². The Hall–Kier alpha value is -3.98. The van der Waals surface area contributed by atoms with Gasteiger partial charge in [-0.25, -0.2) is 9.59 Å². The zero-order chi connectivity index (χ0) is 22.0. The largest absolute Gasteiger partial charge is 0.437 e. The average molecular weight is 420 g/mol. The number of pyridine rings is 1. The zero-order valence-electron chi connectivity index (χ0n) is 16.7. The van der Waals surface area contributed by atoms with Crippen LogP contribution in [0, 0.1) is 0 Å². The molecule has 1 fully saturated rings. The Morgan fingerprint density at radius 3 is 2.35 bits per heavy atom. The summed E-state index contributed by atoms with van der Waals surface area (Å²) < 4.78 is 0.679. The first-order chi connectivity index (χ1) is 14.9. The van der Waals surface area contributed by atoms with Crippen molar-refractivity contribution in [1.29, 1.82) is 0 Å². The fourth-order valence-electron chi connectivity index (χ4n) is 3.69. The van der Waals surface area contributed by atoms with Crippen LogP contribution in [0.3, 0.4) is 0 Å². The second-order valence-electron chi connectivity index (χ2n) is 7.40. The number of likely N-dealkylation sites (tertiary alicyclic amines) is 1. The van der Waals surface area contributed by atoms with Gasteiger partial charge in [0.1, 0.15) is 18.1 Å². The number of urea groups is 2. The number of allylic oxidation sites excluding steroid dienone is 1. The maximum Gasteiger partial charge on any atom is 0.437 e. The van der Waals surface area contributed by atoms with Crippen molar-refractivity contribution in [2.45, 2.75) is 12.8 Å². The number of rotatable bonds is 3. The molecule has 9 nitrogen and oxygen atoms in total. The van der Waals surface area contributed by atoms with E-state index in [2.05, 4.69) is 5.32 Å². The van der Waals surface area contributed by atoms with Crippen LogP contribution < -0.4 is 16.6 Å². The van der Waals surface area contributed by atoms with Crippen LogP contribution in [0.2, 0.25) is 0 Å². The third-order valence-electron chi connectivity index (χ3n) is 5.38. The lowest BCUT2D eigenvalue weighted by Crippen LogP contribution is -2.56.